The van der Waals surface area contributed by atoms with Crippen LogP contribution in [-0.4, -0.2) is 4.57 Å². The van der Waals surface area contributed by atoms with E-state index in [0.29, 0.717) is 0 Å². The van der Waals surface area contributed by atoms with Gasteiger partial charge in [0.25, 0.3) is 0 Å². The maximum Gasteiger partial charge on any atom is 0.135 e. The molecule has 0 saturated carbocycles. The van der Waals surface area contributed by atoms with Crippen molar-refractivity contribution in [1.82, 2.24) is 4.57 Å². The van der Waals surface area contributed by atoms with Gasteiger partial charge in [-0.25, -0.2) is 0 Å². The fourth-order valence-corrected chi connectivity index (χ4v) is 10.5. The lowest BCUT2D eigenvalue weighted by atomic mass is 9.63. The van der Waals surface area contributed by atoms with Crippen molar-refractivity contribution in [3.05, 3.63) is 216 Å². The van der Waals surface area contributed by atoms with Crippen LogP contribution in [0.4, 0.5) is 17.1 Å². The van der Waals surface area contributed by atoms with E-state index in [2.05, 4.69) is 198 Å². The molecular formula is C53H32N2O. The van der Waals surface area contributed by atoms with Gasteiger partial charge >= 0.3 is 0 Å². The number of furan rings is 1. The first-order valence-electron chi connectivity index (χ1n) is 19.4. The lowest BCUT2D eigenvalue weighted by Crippen LogP contribution is -2.30. The molecule has 2 aromatic heterocycles. The second-order valence-corrected chi connectivity index (χ2v) is 15.2. The highest BCUT2D eigenvalue weighted by molar-refractivity contribution is 6.29. The minimum atomic E-state index is -0.500. The van der Waals surface area contributed by atoms with Crippen LogP contribution in [0.3, 0.4) is 0 Å². The van der Waals surface area contributed by atoms with E-state index < -0.39 is 5.41 Å². The van der Waals surface area contributed by atoms with Crippen LogP contribution >= 0.6 is 0 Å². The minimum Gasteiger partial charge on any atom is -0.456 e. The molecule has 0 bridgehead atoms. The Morgan fingerprint density at radius 3 is 1.79 bits per heavy atom. The molecule has 0 aliphatic heterocycles. The van der Waals surface area contributed by atoms with E-state index in [1.807, 2.05) is 6.07 Å². The molecule has 0 atom stereocenters. The molecule has 0 unspecified atom stereocenters. The van der Waals surface area contributed by atoms with Crippen LogP contribution in [0.5, 0.6) is 0 Å². The molecule has 2 aliphatic carbocycles. The molecule has 1 spiro atoms. The predicted molar refractivity (Wildman–Crippen MR) is 231 cm³/mol. The third-order valence-corrected chi connectivity index (χ3v) is 12.5. The number of anilines is 3. The monoisotopic (exact) mass is 712 g/mol. The summed E-state index contributed by atoms with van der Waals surface area (Å²) < 4.78 is 8.83. The van der Waals surface area contributed by atoms with E-state index in [9.17, 15) is 0 Å². The number of hydrogen-bond acceptors (Lipinski definition) is 2. The first kappa shape index (κ1) is 30.0. The van der Waals surface area contributed by atoms with E-state index in [4.69, 9.17) is 4.42 Å². The van der Waals surface area contributed by atoms with Gasteiger partial charge < -0.3 is 13.9 Å². The van der Waals surface area contributed by atoms with Gasteiger partial charge in [0.1, 0.15) is 11.2 Å². The number of nitrogens with zero attached hydrogens (tertiary/aromatic N) is 2. The van der Waals surface area contributed by atoms with Crippen molar-refractivity contribution >= 4 is 71.6 Å². The number of fused-ring (bicyclic) bond motifs is 10. The zero-order valence-electron chi connectivity index (χ0n) is 30.3. The Balaban J connectivity index is 1.23. The molecule has 2 aliphatic rings. The lowest BCUT2D eigenvalue weighted by molar-refractivity contribution is 0.669. The van der Waals surface area contributed by atoms with Gasteiger partial charge in [-0.1, -0.05) is 133 Å². The maximum atomic E-state index is 6.34. The summed E-state index contributed by atoms with van der Waals surface area (Å²) >= 11 is 0. The van der Waals surface area contributed by atoms with Gasteiger partial charge in [0, 0.05) is 44.0 Å². The molecule has 3 nitrogen and oxygen atoms in total. The summed E-state index contributed by atoms with van der Waals surface area (Å²) in [6.45, 7) is 0. The minimum absolute atomic E-state index is 0.500. The lowest BCUT2D eigenvalue weighted by Gasteiger charge is -2.38. The average molecular weight is 713 g/mol. The molecule has 0 amide bonds. The van der Waals surface area contributed by atoms with Crippen molar-refractivity contribution in [3.8, 4) is 16.8 Å². The zero-order valence-corrected chi connectivity index (χ0v) is 30.3. The van der Waals surface area contributed by atoms with Crippen LogP contribution in [0.1, 0.15) is 22.3 Å². The van der Waals surface area contributed by atoms with Crippen molar-refractivity contribution in [3.63, 3.8) is 0 Å². The van der Waals surface area contributed by atoms with Gasteiger partial charge in [0.2, 0.25) is 0 Å². The molecule has 0 saturated heterocycles. The van der Waals surface area contributed by atoms with Crippen LogP contribution in [0.15, 0.2) is 199 Å². The number of benzene rings is 9. The second-order valence-electron chi connectivity index (χ2n) is 15.2. The largest absolute Gasteiger partial charge is 0.456 e. The van der Waals surface area contributed by atoms with Gasteiger partial charge in [-0.05, 0) is 99.4 Å². The first-order valence-corrected chi connectivity index (χ1v) is 19.4. The summed E-state index contributed by atoms with van der Waals surface area (Å²) in [4.78, 5) is 2.45. The van der Waals surface area contributed by atoms with Crippen molar-refractivity contribution in [2.75, 3.05) is 4.90 Å². The van der Waals surface area contributed by atoms with Crippen LogP contribution in [0.25, 0.3) is 71.3 Å². The third-order valence-electron chi connectivity index (χ3n) is 12.5. The summed E-state index contributed by atoms with van der Waals surface area (Å²) in [6.07, 6.45) is 0. The SMILES string of the molecule is c1ccc(N(c2ccc3oc4ccccc4c3c2)c2cc3c4c5c(cccc25)C2(c5ccccc5-c5ccccc52)c2cccc(c24)n3-c2ccccc2)cc1. The van der Waals surface area contributed by atoms with Gasteiger partial charge in [-0.15, -0.1) is 0 Å². The van der Waals surface area contributed by atoms with E-state index in [0.717, 1.165) is 44.7 Å². The van der Waals surface area contributed by atoms with Gasteiger partial charge in [-0.2, -0.15) is 0 Å². The van der Waals surface area contributed by atoms with Crippen LogP contribution in [-0.2, 0) is 5.41 Å². The number of hydrogen-bond donors (Lipinski definition) is 0. The second kappa shape index (κ2) is 10.9. The molecule has 0 radical (unpaired) electrons. The highest BCUT2D eigenvalue weighted by atomic mass is 16.3. The highest BCUT2D eigenvalue weighted by Gasteiger charge is 2.50. The van der Waals surface area contributed by atoms with E-state index in [1.54, 1.807) is 0 Å². The molecule has 9 aromatic carbocycles. The number of aromatic nitrogens is 1. The van der Waals surface area contributed by atoms with E-state index in [-0.39, 0.29) is 0 Å². The fraction of sp³-hybridized carbons (Fsp3) is 0.0189. The van der Waals surface area contributed by atoms with E-state index in [1.165, 1.54) is 66.0 Å². The summed E-state index contributed by atoms with van der Waals surface area (Å²) in [6, 6.07) is 71.3. The Bertz CT molecular complexity index is 3380. The van der Waals surface area contributed by atoms with Crippen molar-refractivity contribution in [2.24, 2.45) is 0 Å². The summed E-state index contributed by atoms with van der Waals surface area (Å²) in [5.41, 5.74) is 16.1. The molecule has 0 fully saturated rings. The van der Waals surface area contributed by atoms with Gasteiger partial charge in [0.15, 0.2) is 0 Å². The Kier molecular flexibility index (Phi) is 5.83. The number of para-hydroxylation sites is 3. The zero-order chi connectivity index (χ0) is 36.5. The molecule has 2 heterocycles. The van der Waals surface area contributed by atoms with Gasteiger partial charge in [0.05, 0.1) is 22.1 Å². The van der Waals surface area contributed by atoms with Crippen molar-refractivity contribution in [1.29, 1.82) is 0 Å². The van der Waals surface area contributed by atoms with Crippen LogP contribution < -0.4 is 4.90 Å². The Labute approximate surface area is 322 Å². The first-order chi connectivity index (χ1) is 27.8. The normalized spacial score (nSPS) is 13.5. The molecule has 0 N–H and O–H groups in total. The van der Waals surface area contributed by atoms with Crippen LogP contribution in [0, 0.1) is 0 Å². The maximum absolute atomic E-state index is 6.34. The van der Waals surface area contributed by atoms with Gasteiger partial charge in [-0.3, -0.25) is 0 Å². The number of rotatable bonds is 4. The Morgan fingerprint density at radius 2 is 1.00 bits per heavy atom. The molecule has 56 heavy (non-hydrogen) atoms. The quantitative estimate of drug-likeness (QED) is 0.181. The summed E-state index contributed by atoms with van der Waals surface area (Å²) in [7, 11) is 0. The smallest absolute Gasteiger partial charge is 0.135 e. The predicted octanol–water partition coefficient (Wildman–Crippen LogP) is 14.0. The highest BCUT2D eigenvalue weighted by Crippen LogP contribution is 2.63. The molecule has 13 rings (SSSR count). The Morgan fingerprint density at radius 1 is 0.393 bits per heavy atom. The van der Waals surface area contributed by atoms with Crippen molar-refractivity contribution in [2.45, 2.75) is 5.41 Å². The van der Waals surface area contributed by atoms with Crippen molar-refractivity contribution < 1.29 is 4.42 Å². The standard InChI is InChI=1S/C53H32N2O/c1-3-15-33(16-4-1)54(35-29-30-49-40(31-35)38-21-9-12-28-48(38)56-49)46-32-47-52-50-39(46)22-13-25-43(50)53(41-23-10-7-19-36(41)37-20-8-11-24-42(37)53)44-26-14-27-45(51(44)52)55(47)34-17-5-2-6-18-34/h1-32H. The van der Waals surface area contributed by atoms with E-state index >= 15 is 0 Å². The fourth-order valence-electron chi connectivity index (χ4n) is 10.5. The third kappa shape index (κ3) is 3.67. The summed E-state index contributed by atoms with van der Waals surface area (Å²) in [5.74, 6) is 0. The topological polar surface area (TPSA) is 21.3 Å². The molecule has 11 aromatic rings. The Hall–Kier alpha value is -7.36. The average Bonchev–Trinajstić information content (AvgIpc) is 3.90. The summed E-state index contributed by atoms with van der Waals surface area (Å²) in [5, 5.41) is 7.38. The molecule has 3 heteroatoms. The molecular weight excluding hydrogens is 681 g/mol. The molecule has 260 valence electrons. The van der Waals surface area contributed by atoms with Crippen LogP contribution in [0.2, 0.25) is 0 Å².